The fourth-order valence-electron chi connectivity index (χ4n) is 6.29. The summed E-state index contributed by atoms with van der Waals surface area (Å²) in [7, 11) is 0. The van der Waals surface area contributed by atoms with Crippen LogP contribution in [0.4, 0.5) is 18.0 Å². The van der Waals surface area contributed by atoms with E-state index in [2.05, 4.69) is 15.7 Å². The number of alkyl halides is 3. The second-order valence-corrected chi connectivity index (χ2v) is 12.0. The number of piperidine rings is 1. The highest BCUT2D eigenvalue weighted by Gasteiger charge is 2.56. The van der Waals surface area contributed by atoms with Crippen molar-refractivity contribution in [2.75, 3.05) is 6.54 Å². The number of aliphatic carboxylic acids is 1. The van der Waals surface area contributed by atoms with Gasteiger partial charge in [0.25, 0.3) is 0 Å². The molecule has 1 aliphatic heterocycles. The minimum Gasteiger partial charge on any atom is -0.480 e. The van der Waals surface area contributed by atoms with Crippen molar-refractivity contribution in [3.63, 3.8) is 0 Å². The standard InChI is InChI=1S/C30H32F3N5O5/c31-30(32,33)21-12-29(27(40)41,26(39)34-14-21)11-18-10-23-36-22(15-38(23)35-13-18)25(24(19-6-7-19)20-8-9-20)37-28(42)43-16-17-4-2-1-3-5-17/h1-5,10,13,15,19-21,24-25H,6-9,11-12,14,16H2,(H,34,39)(H,37,42)(H,40,41)/t21-,25?,29?/m1/s1. The van der Waals surface area contributed by atoms with E-state index in [1.54, 1.807) is 6.20 Å². The number of carboxylic acid groups (broad SMARTS) is 1. The normalized spacial score (nSPS) is 23.2. The smallest absolute Gasteiger partial charge is 0.408 e. The molecule has 2 amide bonds. The van der Waals surface area contributed by atoms with Gasteiger partial charge < -0.3 is 20.5 Å². The molecule has 3 N–H and O–H groups in total. The van der Waals surface area contributed by atoms with Crippen molar-refractivity contribution in [2.24, 2.45) is 29.1 Å². The van der Waals surface area contributed by atoms with E-state index >= 15 is 0 Å². The number of carboxylic acids is 1. The number of carbonyl (C=O) groups excluding carboxylic acids is 2. The topological polar surface area (TPSA) is 135 Å². The second-order valence-electron chi connectivity index (χ2n) is 12.0. The number of hydrogen-bond acceptors (Lipinski definition) is 6. The van der Waals surface area contributed by atoms with Gasteiger partial charge in [0, 0.05) is 6.54 Å². The molecule has 3 fully saturated rings. The lowest BCUT2D eigenvalue weighted by atomic mass is 9.71. The highest BCUT2D eigenvalue weighted by molar-refractivity contribution is 6.02. The Morgan fingerprint density at radius 2 is 1.84 bits per heavy atom. The fourth-order valence-corrected chi connectivity index (χ4v) is 6.29. The number of benzene rings is 1. The van der Waals surface area contributed by atoms with Crippen molar-refractivity contribution in [1.29, 1.82) is 0 Å². The molecule has 0 bridgehead atoms. The Balaban J connectivity index is 1.26. The van der Waals surface area contributed by atoms with E-state index in [1.807, 2.05) is 30.3 Å². The Kier molecular flexibility index (Phi) is 7.51. The predicted octanol–water partition coefficient (Wildman–Crippen LogP) is 4.44. The summed E-state index contributed by atoms with van der Waals surface area (Å²) >= 11 is 0. The molecular formula is C30H32F3N5O5. The third kappa shape index (κ3) is 6.16. The highest BCUT2D eigenvalue weighted by atomic mass is 19.4. The number of rotatable bonds is 10. The van der Waals surface area contributed by atoms with Crippen molar-refractivity contribution < 1.29 is 37.4 Å². The number of fused-ring (bicyclic) bond motifs is 1. The van der Waals surface area contributed by atoms with Crippen molar-refractivity contribution in [3.8, 4) is 0 Å². The molecule has 2 saturated carbocycles. The number of amides is 2. The van der Waals surface area contributed by atoms with E-state index in [1.165, 1.54) is 16.8 Å². The Morgan fingerprint density at radius 3 is 2.47 bits per heavy atom. The van der Waals surface area contributed by atoms with Gasteiger partial charge in [-0.3, -0.25) is 9.59 Å². The van der Waals surface area contributed by atoms with Gasteiger partial charge in [0.15, 0.2) is 11.1 Å². The lowest BCUT2D eigenvalue weighted by Gasteiger charge is -2.37. The minimum absolute atomic E-state index is 0.112. The monoisotopic (exact) mass is 599 g/mol. The van der Waals surface area contributed by atoms with Crippen molar-refractivity contribution >= 4 is 23.6 Å². The van der Waals surface area contributed by atoms with E-state index in [0.29, 0.717) is 23.2 Å². The Labute approximate surface area is 245 Å². The molecule has 10 nitrogen and oxygen atoms in total. The molecule has 3 heterocycles. The SMILES string of the molecule is O=C(NC(c1cn2ncc(CC3(C(=O)O)C[C@@H](C(F)(F)F)CNC3=O)cc2n1)C(C1CC1)C1CC1)OCc1ccccc1. The van der Waals surface area contributed by atoms with Gasteiger partial charge in [-0.1, -0.05) is 30.3 Å². The van der Waals surface area contributed by atoms with Crippen LogP contribution in [0.15, 0.2) is 48.8 Å². The molecule has 43 heavy (non-hydrogen) atoms. The van der Waals surface area contributed by atoms with Crippen LogP contribution in [-0.2, 0) is 27.4 Å². The first-order valence-electron chi connectivity index (χ1n) is 14.4. The zero-order chi connectivity index (χ0) is 30.4. The summed E-state index contributed by atoms with van der Waals surface area (Å²) in [5.74, 6) is -3.51. The lowest BCUT2D eigenvalue weighted by molar-refractivity contribution is -0.194. The summed E-state index contributed by atoms with van der Waals surface area (Å²) in [5, 5.41) is 19.5. The summed E-state index contributed by atoms with van der Waals surface area (Å²) in [6.07, 6.45) is 0.701. The molecule has 3 aliphatic rings. The number of carbonyl (C=O) groups is 3. The number of aromatic nitrogens is 3. The van der Waals surface area contributed by atoms with E-state index in [4.69, 9.17) is 9.72 Å². The van der Waals surface area contributed by atoms with Crippen LogP contribution < -0.4 is 10.6 Å². The van der Waals surface area contributed by atoms with Crippen LogP contribution in [-0.4, -0.2) is 50.4 Å². The van der Waals surface area contributed by atoms with Gasteiger partial charge in [0.05, 0.1) is 30.0 Å². The minimum atomic E-state index is -4.65. The number of alkyl carbamates (subject to hydrolysis) is 1. The van der Waals surface area contributed by atoms with Crippen LogP contribution in [0, 0.1) is 29.1 Å². The molecule has 2 aliphatic carbocycles. The van der Waals surface area contributed by atoms with Gasteiger partial charge in [0.2, 0.25) is 5.91 Å². The van der Waals surface area contributed by atoms with Crippen molar-refractivity contribution in [3.05, 3.63) is 65.6 Å². The summed E-state index contributed by atoms with van der Waals surface area (Å²) in [4.78, 5) is 42.6. The van der Waals surface area contributed by atoms with E-state index in [9.17, 15) is 32.7 Å². The first-order chi connectivity index (χ1) is 20.5. The van der Waals surface area contributed by atoms with Crippen LogP contribution in [0.25, 0.3) is 5.65 Å². The molecule has 2 aromatic heterocycles. The molecule has 3 atom stereocenters. The van der Waals surface area contributed by atoms with Gasteiger partial charge in [-0.05, 0) is 73.5 Å². The van der Waals surface area contributed by atoms with Gasteiger partial charge in [-0.25, -0.2) is 14.3 Å². The summed E-state index contributed by atoms with van der Waals surface area (Å²) < 4.78 is 47.5. The van der Waals surface area contributed by atoms with Crippen LogP contribution >= 0.6 is 0 Å². The van der Waals surface area contributed by atoms with Crippen LogP contribution in [0.2, 0.25) is 0 Å². The molecule has 1 aromatic carbocycles. The lowest BCUT2D eigenvalue weighted by Crippen LogP contribution is -2.57. The molecule has 0 spiro atoms. The first-order valence-corrected chi connectivity index (χ1v) is 14.4. The molecule has 3 aromatic rings. The largest absolute Gasteiger partial charge is 0.480 e. The maximum absolute atomic E-state index is 13.5. The van der Waals surface area contributed by atoms with Crippen molar-refractivity contribution in [1.82, 2.24) is 25.2 Å². The number of imidazole rings is 1. The third-order valence-corrected chi connectivity index (χ3v) is 8.83. The van der Waals surface area contributed by atoms with E-state index in [-0.39, 0.29) is 18.1 Å². The van der Waals surface area contributed by atoms with Gasteiger partial charge in [-0.2, -0.15) is 18.3 Å². The number of nitrogens with one attached hydrogen (secondary N) is 2. The first kappa shape index (κ1) is 28.9. The summed E-state index contributed by atoms with van der Waals surface area (Å²) in [6.45, 7) is -0.551. The maximum Gasteiger partial charge on any atom is 0.408 e. The molecule has 13 heteroatoms. The van der Waals surface area contributed by atoms with Crippen LogP contribution in [0.5, 0.6) is 0 Å². The zero-order valence-electron chi connectivity index (χ0n) is 23.2. The molecular weight excluding hydrogens is 567 g/mol. The third-order valence-electron chi connectivity index (χ3n) is 8.83. The number of nitrogens with zero attached hydrogens (tertiary/aromatic N) is 3. The highest BCUT2D eigenvalue weighted by Crippen LogP contribution is 2.54. The molecule has 6 rings (SSSR count). The van der Waals surface area contributed by atoms with Gasteiger partial charge in [0.1, 0.15) is 6.61 Å². The molecule has 228 valence electrons. The quantitative estimate of drug-likeness (QED) is 0.293. The van der Waals surface area contributed by atoms with E-state index < -0.39 is 60.9 Å². The average Bonchev–Trinajstić information content (AvgIpc) is 3.91. The Morgan fingerprint density at radius 1 is 1.14 bits per heavy atom. The summed E-state index contributed by atoms with van der Waals surface area (Å²) in [5.41, 5.74) is -0.300. The van der Waals surface area contributed by atoms with E-state index in [0.717, 1.165) is 31.2 Å². The zero-order valence-corrected chi connectivity index (χ0v) is 23.2. The molecule has 2 unspecified atom stereocenters. The molecule has 0 radical (unpaired) electrons. The Hall–Kier alpha value is -4.16. The van der Waals surface area contributed by atoms with Crippen LogP contribution in [0.1, 0.15) is 55.0 Å². The average molecular weight is 600 g/mol. The fraction of sp³-hybridized carbons (Fsp3) is 0.500. The predicted molar refractivity (Wildman–Crippen MR) is 145 cm³/mol. The molecule has 1 saturated heterocycles. The number of hydrogen-bond donors (Lipinski definition) is 3. The summed E-state index contributed by atoms with van der Waals surface area (Å²) in [6, 6.07) is 10.4. The number of ether oxygens (including phenoxy) is 1. The van der Waals surface area contributed by atoms with Crippen molar-refractivity contribution in [2.45, 2.75) is 57.3 Å². The van der Waals surface area contributed by atoms with Crippen LogP contribution in [0.3, 0.4) is 0 Å². The Bertz CT molecular complexity index is 1510. The van der Waals surface area contributed by atoms with Gasteiger partial charge in [-0.15, -0.1) is 0 Å². The maximum atomic E-state index is 13.5. The second kappa shape index (κ2) is 11.2. The van der Waals surface area contributed by atoms with Gasteiger partial charge >= 0.3 is 18.2 Å². The number of halogens is 3.